The summed E-state index contributed by atoms with van der Waals surface area (Å²) in [4.78, 5) is 12.6. The van der Waals surface area contributed by atoms with E-state index >= 15 is 0 Å². The molecule has 0 saturated heterocycles. The molecule has 0 aliphatic heterocycles. The highest BCUT2D eigenvalue weighted by Gasteiger charge is 1.67. The fourth-order valence-electron chi connectivity index (χ4n) is 0.324. The Kier molecular flexibility index (Phi) is 5.45. The highest BCUT2D eigenvalue weighted by Crippen LogP contribution is 1.86. The van der Waals surface area contributed by atoms with E-state index in [0.717, 1.165) is 12.8 Å². The molecular formula is C6H9NO. The van der Waals surface area contributed by atoms with Crippen LogP contribution in [0, 0.1) is 0 Å². The molecule has 0 atom stereocenters. The van der Waals surface area contributed by atoms with E-state index in [9.17, 15) is 4.79 Å². The Bertz CT molecular complexity index is 112. The van der Waals surface area contributed by atoms with Crippen LogP contribution in [0.4, 0.5) is 0 Å². The molecule has 2 heteroatoms. The highest BCUT2D eigenvalue weighted by atomic mass is 16.1. The lowest BCUT2D eigenvalue weighted by atomic mass is 10.3. The topological polar surface area (TPSA) is 29.4 Å². The molecule has 0 aromatic carbocycles. The Morgan fingerprint density at radius 3 is 3.00 bits per heavy atom. The number of hydrogen-bond donors (Lipinski definition) is 0. The zero-order chi connectivity index (χ0) is 6.24. The van der Waals surface area contributed by atoms with E-state index in [4.69, 9.17) is 0 Å². The minimum Gasteiger partial charge on any atom is -0.211 e. The Balaban J connectivity index is 3.20. The predicted molar refractivity (Wildman–Crippen MR) is 32.2 cm³/mol. The first-order valence-corrected chi connectivity index (χ1v) is 2.63. The summed E-state index contributed by atoms with van der Waals surface area (Å²) in [7, 11) is 0. The van der Waals surface area contributed by atoms with Crippen molar-refractivity contribution in [2.45, 2.75) is 19.8 Å². The van der Waals surface area contributed by atoms with Gasteiger partial charge in [0.2, 0.25) is 6.08 Å². The predicted octanol–water partition coefficient (Wildman–Crippen LogP) is 1.64. The van der Waals surface area contributed by atoms with Gasteiger partial charge in [0.25, 0.3) is 0 Å². The molecule has 8 heavy (non-hydrogen) atoms. The molecule has 0 rings (SSSR count). The molecule has 0 amide bonds. The zero-order valence-corrected chi connectivity index (χ0v) is 4.92. The summed E-state index contributed by atoms with van der Waals surface area (Å²) < 4.78 is 0. The van der Waals surface area contributed by atoms with Crippen molar-refractivity contribution in [2.24, 2.45) is 4.99 Å². The molecule has 2 nitrogen and oxygen atoms in total. The van der Waals surface area contributed by atoms with E-state index in [1.165, 1.54) is 12.3 Å². The van der Waals surface area contributed by atoms with Gasteiger partial charge in [-0.1, -0.05) is 19.4 Å². The molecule has 0 aliphatic rings. The van der Waals surface area contributed by atoms with Crippen LogP contribution in [0.5, 0.6) is 0 Å². The molecule has 0 radical (unpaired) electrons. The van der Waals surface area contributed by atoms with Crippen molar-refractivity contribution in [1.82, 2.24) is 0 Å². The lowest BCUT2D eigenvalue weighted by Gasteiger charge is -1.76. The molecule has 44 valence electrons. The maximum atomic E-state index is 9.43. The Hall–Kier alpha value is -0.880. The van der Waals surface area contributed by atoms with Crippen LogP contribution in [0.15, 0.2) is 17.3 Å². The van der Waals surface area contributed by atoms with Crippen LogP contribution in [-0.2, 0) is 4.79 Å². The molecule has 0 aromatic rings. The molecule has 0 unspecified atom stereocenters. The molecule has 0 aromatic heterocycles. The van der Waals surface area contributed by atoms with E-state index in [2.05, 4.69) is 11.9 Å². The molecular weight excluding hydrogens is 102 g/mol. The van der Waals surface area contributed by atoms with Gasteiger partial charge >= 0.3 is 0 Å². The first-order chi connectivity index (χ1) is 3.91. The van der Waals surface area contributed by atoms with Crippen LogP contribution < -0.4 is 0 Å². The van der Waals surface area contributed by atoms with Gasteiger partial charge in [0.05, 0.1) is 0 Å². The first-order valence-electron chi connectivity index (χ1n) is 2.63. The second-order valence-corrected chi connectivity index (χ2v) is 1.39. The van der Waals surface area contributed by atoms with E-state index in [0.29, 0.717) is 0 Å². The first kappa shape index (κ1) is 7.12. The minimum absolute atomic E-state index is 0.977. The van der Waals surface area contributed by atoms with E-state index in [1.54, 1.807) is 0 Å². The normalized spacial score (nSPS) is 9.12. The maximum Gasteiger partial charge on any atom is 0.239 e. The summed E-state index contributed by atoms with van der Waals surface area (Å²) in [5.41, 5.74) is 0. The van der Waals surface area contributed by atoms with Gasteiger partial charge in [0.15, 0.2) is 0 Å². The fraction of sp³-hybridized carbons (Fsp3) is 0.500. The van der Waals surface area contributed by atoms with Gasteiger partial charge in [-0.2, -0.15) is 4.99 Å². The van der Waals surface area contributed by atoms with Crippen LogP contribution >= 0.6 is 0 Å². The number of carbonyl (C=O) groups excluding carboxylic acids is 1. The van der Waals surface area contributed by atoms with Gasteiger partial charge < -0.3 is 0 Å². The standard InChI is InChI=1S/C6H9NO/c1-2-3-4-5-7-6-8/h4-5H,2-3H2,1H3/b5-4-. The minimum atomic E-state index is 0.977. The number of nitrogens with zero attached hydrogens (tertiary/aromatic N) is 1. The summed E-state index contributed by atoms with van der Waals surface area (Å²) >= 11 is 0. The average Bonchev–Trinajstić information content (AvgIpc) is 1.81. The maximum absolute atomic E-state index is 9.43. The van der Waals surface area contributed by atoms with Gasteiger partial charge in [0, 0.05) is 6.20 Å². The van der Waals surface area contributed by atoms with Crippen molar-refractivity contribution in [3.8, 4) is 0 Å². The van der Waals surface area contributed by atoms with Crippen LogP contribution in [0.25, 0.3) is 0 Å². The van der Waals surface area contributed by atoms with Crippen molar-refractivity contribution in [1.29, 1.82) is 0 Å². The van der Waals surface area contributed by atoms with E-state index in [1.807, 2.05) is 6.08 Å². The molecule has 0 bridgehead atoms. The van der Waals surface area contributed by atoms with Crippen LogP contribution in [-0.4, -0.2) is 6.08 Å². The van der Waals surface area contributed by atoms with Crippen LogP contribution in [0.3, 0.4) is 0 Å². The van der Waals surface area contributed by atoms with Gasteiger partial charge in [-0.15, -0.1) is 0 Å². The summed E-state index contributed by atoms with van der Waals surface area (Å²) in [5, 5.41) is 0. The third-order valence-electron chi connectivity index (χ3n) is 0.688. The summed E-state index contributed by atoms with van der Waals surface area (Å²) in [6, 6.07) is 0. The number of hydrogen-bond acceptors (Lipinski definition) is 2. The Morgan fingerprint density at radius 2 is 2.50 bits per heavy atom. The van der Waals surface area contributed by atoms with Crippen molar-refractivity contribution in [3.63, 3.8) is 0 Å². The van der Waals surface area contributed by atoms with Crippen molar-refractivity contribution in [3.05, 3.63) is 12.3 Å². The number of unbranched alkanes of at least 4 members (excludes halogenated alkanes) is 1. The lowest BCUT2D eigenvalue weighted by molar-refractivity contribution is 0.565. The molecule has 0 saturated carbocycles. The summed E-state index contributed by atoms with van der Waals surface area (Å²) in [6.07, 6.45) is 6.79. The second kappa shape index (κ2) is 6.12. The lowest BCUT2D eigenvalue weighted by Crippen LogP contribution is -1.57. The quantitative estimate of drug-likeness (QED) is 0.402. The number of isocyanates is 1. The Labute approximate surface area is 48.9 Å². The average molecular weight is 111 g/mol. The monoisotopic (exact) mass is 111 g/mol. The molecule has 0 aliphatic carbocycles. The Morgan fingerprint density at radius 1 is 1.75 bits per heavy atom. The van der Waals surface area contributed by atoms with Crippen LogP contribution in [0.1, 0.15) is 19.8 Å². The molecule has 0 fully saturated rings. The summed E-state index contributed by atoms with van der Waals surface area (Å²) in [6.45, 7) is 2.06. The number of aliphatic imine (C=N–C) groups is 1. The molecule has 0 spiro atoms. The second-order valence-electron chi connectivity index (χ2n) is 1.39. The van der Waals surface area contributed by atoms with Crippen molar-refractivity contribution >= 4 is 6.08 Å². The van der Waals surface area contributed by atoms with Gasteiger partial charge in [-0.25, -0.2) is 4.79 Å². The van der Waals surface area contributed by atoms with Gasteiger partial charge in [-0.3, -0.25) is 0 Å². The zero-order valence-electron chi connectivity index (χ0n) is 4.92. The van der Waals surface area contributed by atoms with Crippen molar-refractivity contribution in [2.75, 3.05) is 0 Å². The smallest absolute Gasteiger partial charge is 0.211 e. The van der Waals surface area contributed by atoms with Crippen LogP contribution in [0.2, 0.25) is 0 Å². The largest absolute Gasteiger partial charge is 0.239 e. The van der Waals surface area contributed by atoms with Crippen molar-refractivity contribution < 1.29 is 4.79 Å². The highest BCUT2D eigenvalue weighted by molar-refractivity contribution is 5.34. The molecule has 0 heterocycles. The van der Waals surface area contributed by atoms with E-state index < -0.39 is 0 Å². The number of allylic oxidation sites excluding steroid dienone is 1. The van der Waals surface area contributed by atoms with E-state index in [-0.39, 0.29) is 0 Å². The molecule has 0 N–H and O–H groups in total. The number of rotatable bonds is 3. The van der Waals surface area contributed by atoms with Gasteiger partial charge in [0.1, 0.15) is 0 Å². The third kappa shape index (κ3) is 5.12. The fourth-order valence-corrected chi connectivity index (χ4v) is 0.324. The van der Waals surface area contributed by atoms with Gasteiger partial charge in [-0.05, 0) is 6.42 Å². The summed E-state index contributed by atoms with van der Waals surface area (Å²) in [5.74, 6) is 0. The third-order valence-corrected chi connectivity index (χ3v) is 0.688. The SMILES string of the molecule is CCC/C=C\N=C=O.